The molecule has 0 saturated heterocycles. The summed E-state index contributed by atoms with van der Waals surface area (Å²) in [4.78, 5) is 0. The molecule has 0 spiro atoms. The van der Waals surface area contributed by atoms with Crippen molar-refractivity contribution >= 4 is 0 Å². The molecule has 0 aromatic rings. The number of aliphatic hydroxyl groups is 2. The summed E-state index contributed by atoms with van der Waals surface area (Å²) in [5.41, 5.74) is 0.229. The van der Waals surface area contributed by atoms with Crippen LogP contribution in [-0.2, 0) is 0 Å². The lowest BCUT2D eigenvalue weighted by Gasteiger charge is -2.49. The predicted octanol–water partition coefficient (Wildman–Crippen LogP) is 1.86. The molecular formula is C13H20O2. The zero-order valence-electron chi connectivity index (χ0n) is 9.37. The highest BCUT2D eigenvalue weighted by molar-refractivity contribution is 5.29. The van der Waals surface area contributed by atoms with E-state index in [9.17, 15) is 10.2 Å². The number of rotatable bonds is 0. The van der Waals surface area contributed by atoms with Gasteiger partial charge in [-0.25, -0.2) is 0 Å². The van der Waals surface area contributed by atoms with E-state index in [2.05, 4.69) is 13.5 Å². The molecule has 3 aliphatic carbocycles. The van der Waals surface area contributed by atoms with Crippen LogP contribution in [0.2, 0.25) is 0 Å². The fourth-order valence-corrected chi connectivity index (χ4v) is 4.72. The average Bonchev–Trinajstić information content (AvgIpc) is 2.56. The van der Waals surface area contributed by atoms with Gasteiger partial charge in [0.1, 0.15) is 0 Å². The van der Waals surface area contributed by atoms with Gasteiger partial charge in [-0.2, -0.15) is 0 Å². The molecule has 3 rings (SSSR count). The quantitative estimate of drug-likeness (QED) is 0.597. The van der Waals surface area contributed by atoms with E-state index in [1.54, 1.807) is 0 Å². The summed E-state index contributed by atoms with van der Waals surface area (Å²) in [7, 11) is 0. The van der Waals surface area contributed by atoms with Crippen LogP contribution in [0.3, 0.4) is 0 Å². The SMILES string of the molecule is C=C1C[C@@H](O)[C@]23CC[C@H](C)[C@@]2(O)[C@H]1CC3. The lowest BCUT2D eigenvalue weighted by atomic mass is 9.61. The third-order valence-corrected chi connectivity index (χ3v) is 5.57. The fraction of sp³-hybridized carbons (Fsp3) is 0.846. The van der Waals surface area contributed by atoms with Crippen LogP contribution in [-0.4, -0.2) is 21.9 Å². The molecule has 0 heterocycles. The van der Waals surface area contributed by atoms with Crippen LogP contribution in [0.15, 0.2) is 12.2 Å². The Kier molecular flexibility index (Phi) is 1.75. The molecule has 2 N–H and O–H groups in total. The van der Waals surface area contributed by atoms with Gasteiger partial charge < -0.3 is 10.2 Å². The standard InChI is InChI=1S/C13H20O2/c1-8-7-11(14)12-5-3-9(2)13(12,15)10(8)4-6-12/h9-11,14-15H,1,3-7H2,2H3/t9-,10-,11+,12+,13+/m0/s1. The molecule has 3 saturated carbocycles. The minimum atomic E-state index is -0.651. The van der Waals surface area contributed by atoms with Crippen molar-refractivity contribution in [2.24, 2.45) is 17.3 Å². The third-order valence-electron chi connectivity index (χ3n) is 5.57. The van der Waals surface area contributed by atoms with Crippen LogP contribution in [0.1, 0.15) is 39.0 Å². The Morgan fingerprint density at radius 1 is 1.33 bits per heavy atom. The van der Waals surface area contributed by atoms with Gasteiger partial charge in [0.2, 0.25) is 0 Å². The molecule has 0 unspecified atom stereocenters. The van der Waals surface area contributed by atoms with Crippen molar-refractivity contribution in [3.8, 4) is 0 Å². The summed E-state index contributed by atoms with van der Waals surface area (Å²) in [5, 5.41) is 21.3. The first kappa shape index (κ1) is 9.86. The van der Waals surface area contributed by atoms with E-state index in [1.807, 2.05) is 0 Å². The molecule has 0 radical (unpaired) electrons. The molecule has 2 bridgehead atoms. The van der Waals surface area contributed by atoms with E-state index in [0.717, 1.165) is 31.3 Å². The molecule has 15 heavy (non-hydrogen) atoms. The number of hydrogen-bond acceptors (Lipinski definition) is 2. The number of aliphatic hydroxyl groups excluding tert-OH is 1. The topological polar surface area (TPSA) is 40.5 Å². The molecule has 3 aliphatic rings. The molecule has 0 aromatic heterocycles. The highest BCUT2D eigenvalue weighted by Crippen LogP contribution is 2.68. The van der Waals surface area contributed by atoms with Crippen molar-refractivity contribution < 1.29 is 10.2 Å². The zero-order valence-corrected chi connectivity index (χ0v) is 9.37. The largest absolute Gasteiger partial charge is 0.392 e. The second-order valence-corrected chi connectivity index (χ2v) is 5.89. The van der Waals surface area contributed by atoms with E-state index in [0.29, 0.717) is 12.3 Å². The van der Waals surface area contributed by atoms with Gasteiger partial charge in [-0.05, 0) is 38.0 Å². The summed E-state index contributed by atoms with van der Waals surface area (Å²) in [6, 6.07) is 0. The molecule has 3 fully saturated rings. The molecule has 0 aromatic carbocycles. The van der Waals surface area contributed by atoms with Crippen LogP contribution in [0.4, 0.5) is 0 Å². The molecule has 2 nitrogen and oxygen atoms in total. The fourth-order valence-electron chi connectivity index (χ4n) is 4.72. The summed E-state index contributed by atoms with van der Waals surface area (Å²) >= 11 is 0. The first-order valence-electron chi connectivity index (χ1n) is 6.10. The van der Waals surface area contributed by atoms with Gasteiger partial charge in [0.15, 0.2) is 0 Å². The Bertz CT molecular complexity index is 324. The summed E-state index contributed by atoms with van der Waals surface area (Å²) in [6.45, 7) is 6.19. The van der Waals surface area contributed by atoms with Crippen molar-refractivity contribution in [2.45, 2.75) is 50.7 Å². The van der Waals surface area contributed by atoms with Crippen molar-refractivity contribution in [3.63, 3.8) is 0 Å². The van der Waals surface area contributed by atoms with Crippen molar-refractivity contribution in [2.75, 3.05) is 0 Å². The molecule has 2 heteroatoms. The van der Waals surface area contributed by atoms with Crippen LogP contribution < -0.4 is 0 Å². The first-order chi connectivity index (χ1) is 7.02. The highest BCUT2D eigenvalue weighted by Gasteiger charge is 2.70. The smallest absolute Gasteiger partial charge is 0.0818 e. The van der Waals surface area contributed by atoms with Crippen LogP contribution >= 0.6 is 0 Å². The summed E-state index contributed by atoms with van der Waals surface area (Å²) < 4.78 is 0. The predicted molar refractivity (Wildman–Crippen MR) is 58.3 cm³/mol. The maximum Gasteiger partial charge on any atom is 0.0818 e. The van der Waals surface area contributed by atoms with E-state index < -0.39 is 5.60 Å². The Labute approximate surface area is 91.0 Å². The third kappa shape index (κ3) is 0.853. The van der Waals surface area contributed by atoms with Crippen LogP contribution in [0.5, 0.6) is 0 Å². The Hall–Kier alpha value is -0.340. The van der Waals surface area contributed by atoms with Crippen LogP contribution in [0, 0.1) is 17.3 Å². The molecule has 84 valence electrons. The average molecular weight is 208 g/mol. The van der Waals surface area contributed by atoms with Crippen molar-refractivity contribution in [3.05, 3.63) is 12.2 Å². The van der Waals surface area contributed by atoms with Gasteiger partial charge in [0, 0.05) is 11.3 Å². The summed E-state index contributed by atoms with van der Waals surface area (Å²) in [6.07, 6.45) is 4.40. The normalized spacial score (nSPS) is 58.3. The Morgan fingerprint density at radius 2 is 2.00 bits per heavy atom. The van der Waals surface area contributed by atoms with Gasteiger partial charge in [-0.15, -0.1) is 0 Å². The van der Waals surface area contributed by atoms with E-state index in [-0.39, 0.29) is 17.4 Å². The molecule has 0 aliphatic heterocycles. The summed E-state index contributed by atoms with van der Waals surface area (Å²) in [5.74, 6) is 0.565. The van der Waals surface area contributed by atoms with Crippen molar-refractivity contribution in [1.29, 1.82) is 0 Å². The minimum Gasteiger partial charge on any atom is -0.392 e. The zero-order chi connectivity index (χ0) is 10.8. The molecular weight excluding hydrogens is 188 g/mol. The van der Waals surface area contributed by atoms with E-state index in [4.69, 9.17) is 0 Å². The maximum absolute atomic E-state index is 11.0. The highest BCUT2D eigenvalue weighted by atomic mass is 16.3. The van der Waals surface area contributed by atoms with Crippen molar-refractivity contribution in [1.82, 2.24) is 0 Å². The number of hydrogen-bond donors (Lipinski definition) is 2. The molecule has 5 atom stereocenters. The second-order valence-electron chi connectivity index (χ2n) is 5.89. The Balaban J connectivity index is 2.15. The second kappa shape index (κ2) is 2.67. The van der Waals surface area contributed by atoms with Gasteiger partial charge in [0.25, 0.3) is 0 Å². The van der Waals surface area contributed by atoms with Gasteiger partial charge in [-0.1, -0.05) is 19.1 Å². The van der Waals surface area contributed by atoms with E-state index >= 15 is 0 Å². The maximum atomic E-state index is 11.0. The Morgan fingerprint density at radius 3 is 2.73 bits per heavy atom. The minimum absolute atomic E-state index is 0.196. The van der Waals surface area contributed by atoms with Crippen LogP contribution in [0.25, 0.3) is 0 Å². The lowest BCUT2D eigenvalue weighted by molar-refractivity contribution is -0.152. The van der Waals surface area contributed by atoms with Gasteiger partial charge in [0.05, 0.1) is 11.7 Å². The lowest BCUT2D eigenvalue weighted by Crippen LogP contribution is -2.57. The molecule has 0 amide bonds. The van der Waals surface area contributed by atoms with Gasteiger partial charge >= 0.3 is 0 Å². The monoisotopic (exact) mass is 208 g/mol. The van der Waals surface area contributed by atoms with E-state index in [1.165, 1.54) is 0 Å². The first-order valence-corrected chi connectivity index (χ1v) is 6.10. The van der Waals surface area contributed by atoms with Gasteiger partial charge in [-0.3, -0.25) is 0 Å².